The molecular formula is C10H18N2O. The second-order valence-corrected chi connectivity index (χ2v) is 3.52. The summed E-state index contributed by atoms with van der Waals surface area (Å²) < 4.78 is 1.77. The van der Waals surface area contributed by atoms with Crippen LogP contribution in [0.1, 0.15) is 31.7 Å². The van der Waals surface area contributed by atoms with E-state index in [4.69, 9.17) is 0 Å². The zero-order chi connectivity index (χ0) is 9.68. The second kappa shape index (κ2) is 5.02. The van der Waals surface area contributed by atoms with Gasteiger partial charge < -0.3 is 5.11 Å². The van der Waals surface area contributed by atoms with Gasteiger partial charge in [-0.2, -0.15) is 5.10 Å². The molecule has 0 fully saturated rings. The first-order valence-electron chi connectivity index (χ1n) is 4.88. The third-order valence-corrected chi connectivity index (χ3v) is 2.12. The number of unbranched alkanes of at least 4 members (excludes halogenated alkanes) is 1. The molecule has 0 aliphatic heterocycles. The topological polar surface area (TPSA) is 38.1 Å². The van der Waals surface area contributed by atoms with Crippen molar-refractivity contribution in [3.8, 4) is 0 Å². The van der Waals surface area contributed by atoms with E-state index >= 15 is 0 Å². The molecular weight excluding hydrogens is 164 g/mol. The molecule has 0 radical (unpaired) electrons. The normalized spacial score (nSPS) is 13.2. The lowest BCUT2D eigenvalue weighted by molar-refractivity contribution is 0.162. The van der Waals surface area contributed by atoms with Crippen LogP contribution in [0.2, 0.25) is 0 Å². The van der Waals surface area contributed by atoms with Gasteiger partial charge in [0.1, 0.15) is 0 Å². The summed E-state index contributed by atoms with van der Waals surface area (Å²) in [6.45, 7) is 2.14. The largest absolute Gasteiger partial charge is 0.393 e. The Bertz CT molecular complexity index is 245. The van der Waals surface area contributed by atoms with Crippen LogP contribution in [0.5, 0.6) is 0 Å². The minimum absolute atomic E-state index is 0.204. The first kappa shape index (κ1) is 10.3. The number of aryl methyl sites for hydroxylation is 1. The lowest BCUT2D eigenvalue weighted by Crippen LogP contribution is -2.09. The molecule has 0 aliphatic rings. The highest BCUT2D eigenvalue weighted by atomic mass is 16.3. The Hall–Kier alpha value is -0.830. The van der Waals surface area contributed by atoms with E-state index in [-0.39, 0.29) is 6.10 Å². The van der Waals surface area contributed by atoms with Gasteiger partial charge in [0.15, 0.2) is 0 Å². The lowest BCUT2D eigenvalue weighted by atomic mass is 10.1. The third-order valence-electron chi connectivity index (χ3n) is 2.12. The molecule has 0 saturated carbocycles. The summed E-state index contributed by atoms with van der Waals surface area (Å²) in [5.74, 6) is 0. The SMILES string of the molecule is CCCCC(O)Cc1cnn(C)c1. The van der Waals surface area contributed by atoms with Crippen molar-refractivity contribution >= 4 is 0 Å². The predicted octanol–water partition coefficient (Wildman–Crippen LogP) is 1.51. The van der Waals surface area contributed by atoms with Crippen LogP contribution in [0, 0.1) is 0 Å². The Labute approximate surface area is 79.4 Å². The number of aromatic nitrogens is 2. The van der Waals surface area contributed by atoms with Crippen molar-refractivity contribution in [3.63, 3.8) is 0 Å². The Morgan fingerprint density at radius 3 is 2.92 bits per heavy atom. The first-order chi connectivity index (χ1) is 6.22. The summed E-state index contributed by atoms with van der Waals surface area (Å²) >= 11 is 0. The molecule has 0 aliphatic carbocycles. The monoisotopic (exact) mass is 182 g/mol. The highest BCUT2D eigenvalue weighted by molar-refractivity contribution is 5.04. The van der Waals surface area contributed by atoms with E-state index in [0.717, 1.165) is 31.2 Å². The number of aliphatic hydroxyl groups is 1. The van der Waals surface area contributed by atoms with E-state index in [2.05, 4.69) is 12.0 Å². The van der Waals surface area contributed by atoms with E-state index < -0.39 is 0 Å². The van der Waals surface area contributed by atoms with Gasteiger partial charge in [-0.1, -0.05) is 19.8 Å². The van der Waals surface area contributed by atoms with Crippen LogP contribution >= 0.6 is 0 Å². The highest BCUT2D eigenvalue weighted by Crippen LogP contribution is 2.07. The van der Waals surface area contributed by atoms with Crippen molar-refractivity contribution in [3.05, 3.63) is 18.0 Å². The Morgan fingerprint density at radius 1 is 1.62 bits per heavy atom. The zero-order valence-electron chi connectivity index (χ0n) is 8.40. The molecule has 1 atom stereocenters. The summed E-state index contributed by atoms with van der Waals surface area (Å²) in [7, 11) is 1.89. The number of hydrogen-bond donors (Lipinski definition) is 1. The van der Waals surface area contributed by atoms with Gasteiger partial charge in [0.2, 0.25) is 0 Å². The van der Waals surface area contributed by atoms with Crippen LogP contribution < -0.4 is 0 Å². The van der Waals surface area contributed by atoms with Crippen LogP contribution in [-0.2, 0) is 13.5 Å². The maximum absolute atomic E-state index is 9.61. The quantitative estimate of drug-likeness (QED) is 0.749. The van der Waals surface area contributed by atoms with Crippen molar-refractivity contribution in [2.45, 2.75) is 38.7 Å². The van der Waals surface area contributed by atoms with E-state index in [1.54, 1.807) is 4.68 Å². The number of nitrogens with zero attached hydrogens (tertiary/aromatic N) is 2. The molecule has 0 spiro atoms. The van der Waals surface area contributed by atoms with Crippen LogP contribution in [0.3, 0.4) is 0 Å². The average Bonchev–Trinajstić information content (AvgIpc) is 2.48. The maximum atomic E-state index is 9.61. The summed E-state index contributed by atoms with van der Waals surface area (Å²) in [4.78, 5) is 0. The molecule has 74 valence electrons. The summed E-state index contributed by atoms with van der Waals surface area (Å²) in [5, 5.41) is 13.7. The molecule has 0 bridgehead atoms. The maximum Gasteiger partial charge on any atom is 0.0581 e. The second-order valence-electron chi connectivity index (χ2n) is 3.52. The third kappa shape index (κ3) is 3.59. The Morgan fingerprint density at radius 2 is 2.38 bits per heavy atom. The van der Waals surface area contributed by atoms with Crippen molar-refractivity contribution in [2.24, 2.45) is 7.05 Å². The summed E-state index contributed by atoms with van der Waals surface area (Å²) in [5.41, 5.74) is 1.12. The van der Waals surface area contributed by atoms with Gasteiger partial charge >= 0.3 is 0 Å². The predicted molar refractivity (Wildman–Crippen MR) is 52.4 cm³/mol. The Kier molecular flexibility index (Phi) is 3.96. The fourth-order valence-electron chi connectivity index (χ4n) is 1.39. The minimum atomic E-state index is -0.204. The molecule has 0 amide bonds. The van der Waals surface area contributed by atoms with Gasteiger partial charge in [-0.05, 0) is 12.0 Å². The minimum Gasteiger partial charge on any atom is -0.393 e. The van der Waals surface area contributed by atoms with Crippen LogP contribution in [0.4, 0.5) is 0 Å². The molecule has 1 N–H and O–H groups in total. The number of hydrogen-bond acceptors (Lipinski definition) is 2. The summed E-state index contributed by atoms with van der Waals surface area (Å²) in [6, 6.07) is 0. The molecule has 1 unspecified atom stereocenters. The summed E-state index contributed by atoms with van der Waals surface area (Å²) in [6.07, 6.45) is 7.43. The van der Waals surface area contributed by atoms with E-state index in [9.17, 15) is 5.11 Å². The van der Waals surface area contributed by atoms with E-state index in [1.807, 2.05) is 19.4 Å². The van der Waals surface area contributed by atoms with Crippen LogP contribution in [-0.4, -0.2) is 21.0 Å². The highest BCUT2D eigenvalue weighted by Gasteiger charge is 2.05. The van der Waals surface area contributed by atoms with Gasteiger partial charge in [0, 0.05) is 19.7 Å². The van der Waals surface area contributed by atoms with Crippen LogP contribution in [0.25, 0.3) is 0 Å². The van der Waals surface area contributed by atoms with E-state index in [0.29, 0.717) is 0 Å². The molecule has 1 aromatic rings. The van der Waals surface area contributed by atoms with Gasteiger partial charge in [-0.15, -0.1) is 0 Å². The van der Waals surface area contributed by atoms with Crippen molar-refractivity contribution in [1.29, 1.82) is 0 Å². The van der Waals surface area contributed by atoms with Crippen molar-refractivity contribution in [2.75, 3.05) is 0 Å². The fraction of sp³-hybridized carbons (Fsp3) is 0.700. The number of rotatable bonds is 5. The molecule has 3 nitrogen and oxygen atoms in total. The molecule has 0 saturated heterocycles. The van der Waals surface area contributed by atoms with Gasteiger partial charge in [0.05, 0.1) is 12.3 Å². The Balaban J connectivity index is 2.31. The van der Waals surface area contributed by atoms with Gasteiger partial charge in [0.25, 0.3) is 0 Å². The molecule has 3 heteroatoms. The molecule has 1 rings (SSSR count). The smallest absolute Gasteiger partial charge is 0.0581 e. The van der Waals surface area contributed by atoms with Crippen molar-refractivity contribution < 1.29 is 5.11 Å². The molecule has 1 heterocycles. The van der Waals surface area contributed by atoms with Gasteiger partial charge in [-0.25, -0.2) is 0 Å². The fourth-order valence-corrected chi connectivity index (χ4v) is 1.39. The molecule has 1 aromatic heterocycles. The average molecular weight is 182 g/mol. The van der Waals surface area contributed by atoms with Crippen LogP contribution in [0.15, 0.2) is 12.4 Å². The first-order valence-corrected chi connectivity index (χ1v) is 4.88. The lowest BCUT2D eigenvalue weighted by Gasteiger charge is -2.07. The standard InChI is InChI=1S/C10H18N2O/c1-3-4-5-10(13)6-9-7-11-12(2)8-9/h7-8,10,13H,3-6H2,1-2H3. The zero-order valence-corrected chi connectivity index (χ0v) is 8.40. The molecule has 0 aromatic carbocycles. The van der Waals surface area contributed by atoms with Gasteiger partial charge in [-0.3, -0.25) is 4.68 Å². The van der Waals surface area contributed by atoms with Crippen molar-refractivity contribution in [1.82, 2.24) is 9.78 Å². The molecule has 13 heavy (non-hydrogen) atoms. The van der Waals surface area contributed by atoms with E-state index in [1.165, 1.54) is 0 Å². The number of aliphatic hydroxyl groups excluding tert-OH is 1.